The molecule has 2 heterocycles. The number of nitrogens with zero attached hydrogens (tertiary/aromatic N) is 2. The standard InChI is InChI=1S/C17H21N3O2/c1-11-15(12(2)19-18-11)10-17(21)20-8-7-16(20)13-5-4-6-14(9-13)22-3/h4-6,9,16H,7-8,10H2,1-3H3,(H,18,19)/t16-/m1/s1. The molecule has 5 nitrogen and oxygen atoms in total. The van der Waals surface area contributed by atoms with Gasteiger partial charge in [0.05, 0.1) is 25.3 Å². The monoisotopic (exact) mass is 299 g/mol. The Kier molecular flexibility index (Phi) is 3.88. The molecular weight excluding hydrogens is 278 g/mol. The van der Waals surface area contributed by atoms with Crippen molar-refractivity contribution < 1.29 is 9.53 Å². The first kappa shape index (κ1) is 14.6. The fourth-order valence-corrected chi connectivity index (χ4v) is 2.97. The minimum atomic E-state index is 0.159. The number of carbonyl (C=O) groups excluding carboxylic acids is 1. The minimum absolute atomic E-state index is 0.159. The number of aryl methyl sites for hydroxylation is 2. The number of hydrogen-bond donors (Lipinski definition) is 1. The van der Waals surface area contributed by atoms with Gasteiger partial charge in [-0.2, -0.15) is 5.10 Å². The lowest BCUT2D eigenvalue weighted by molar-refractivity contribution is -0.138. The SMILES string of the molecule is COc1cccc([C@H]2CCN2C(=O)Cc2c(C)n[nH]c2C)c1. The second kappa shape index (κ2) is 5.83. The number of aromatic nitrogens is 2. The van der Waals surface area contributed by atoms with Crippen LogP contribution in [0.25, 0.3) is 0 Å². The number of methoxy groups -OCH3 is 1. The van der Waals surface area contributed by atoms with Gasteiger partial charge < -0.3 is 9.64 Å². The zero-order valence-corrected chi connectivity index (χ0v) is 13.2. The molecule has 1 aromatic heterocycles. The highest BCUT2D eigenvalue weighted by molar-refractivity contribution is 5.80. The van der Waals surface area contributed by atoms with E-state index in [9.17, 15) is 4.79 Å². The van der Waals surface area contributed by atoms with Gasteiger partial charge in [-0.05, 0) is 38.0 Å². The number of rotatable bonds is 4. The van der Waals surface area contributed by atoms with Crippen LogP contribution in [0.3, 0.4) is 0 Å². The molecular formula is C17H21N3O2. The van der Waals surface area contributed by atoms with Crippen LogP contribution < -0.4 is 4.74 Å². The quantitative estimate of drug-likeness (QED) is 0.944. The number of H-pyrrole nitrogens is 1. The lowest BCUT2D eigenvalue weighted by Crippen LogP contribution is -2.45. The summed E-state index contributed by atoms with van der Waals surface area (Å²) in [6.45, 7) is 4.71. The number of amides is 1. The van der Waals surface area contributed by atoms with Gasteiger partial charge >= 0.3 is 0 Å². The second-order valence-electron chi connectivity index (χ2n) is 5.76. The largest absolute Gasteiger partial charge is 0.497 e. The number of aromatic amines is 1. The molecule has 116 valence electrons. The Balaban J connectivity index is 1.73. The molecule has 1 N–H and O–H groups in total. The van der Waals surface area contributed by atoms with E-state index in [4.69, 9.17) is 4.74 Å². The Bertz CT molecular complexity index is 673. The van der Waals surface area contributed by atoms with Crippen LogP contribution in [0, 0.1) is 13.8 Å². The van der Waals surface area contributed by atoms with E-state index in [1.165, 1.54) is 0 Å². The van der Waals surface area contributed by atoms with Crippen LogP contribution in [0.2, 0.25) is 0 Å². The topological polar surface area (TPSA) is 58.2 Å². The van der Waals surface area contributed by atoms with Crippen LogP contribution in [-0.4, -0.2) is 34.7 Å². The average Bonchev–Trinajstić information content (AvgIpc) is 2.78. The Hall–Kier alpha value is -2.30. The molecule has 1 aliphatic heterocycles. The van der Waals surface area contributed by atoms with E-state index >= 15 is 0 Å². The second-order valence-corrected chi connectivity index (χ2v) is 5.76. The molecule has 0 bridgehead atoms. The average molecular weight is 299 g/mol. The van der Waals surface area contributed by atoms with Gasteiger partial charge in [-0.3, -0.25) is 9.89 Å². The van der Waals surface area contributed by atoms with Crippen LogP contribution in [0.5, 0.6) is 5.75 Å². The first-order valence-corrected chi connectivity index (χ1v) is 7.54. The molecule has 1 fully saturated rings. The molecule has 3 rings (SSSR count). The normalized spacial score (nSPS) is 17.2. The van der Waals surface area contributed by atoms with E-state index < -0.39 is 0 Å². The van der Waals surface area contributed by atoms with E-state index in [1.54, 1.807) is 7.11 Å². The maximum absolute atomic E-state index is 12.6. The van der Waals surface area contributed by atoms with Gasteiger partial charge in [-0.1, -0.05) is 12.1 Å². The van der Waals surface area contributed by atoms with Crippen molar-refractivity contribution in [3.63, 3.8) is 0 Å². The Morgan fingerprint density at radius 2 is 2.27 bits per heavy atom. The maximum Gasteiger partial charge on any atom is 0.227 e. The molecule has 1 atom stereocenters. The van der Waals surface area contributed by atoms with Gasteiger partial charge in [0.2, 0.25) is 5.91 Å². The van der Waals surface area contributed by atoms with E-state index in [1.807, 2.05) is 36.9 Å². The Labute approximate surface area is 130 Å². The predicted octanol–water partition coefficient (Wildman–Crippen LogP) is 2.55. The third-order valence-corrected chi connectivity index (χ3v) is 4.43. The lowest BCUT2D eigenvalue weighted by Gasteiger charge is -2.41. The first-order chi connectivity index (χ1) is 10.6. The van der Waals surface area contributed by atoms with Gasteiger partial charge in [0.15, 0.2) is 0 Å². The van der Waals surface area contributed by atoms with E-state index in [2.05, 4.69) is 16.3 Å². The third kappa shape index (κ3) is 2.58. The van der Waals surface area contributed by atoms with Gasteiger partial charge in [-0.25, -0.2) is 0 Å². The molecule has 1 amide bonds. The summed E-state index contributed by atoms with van der Waals surface area (Å²) in [5.74, 6) is 0.991. The molecule has 0 aliphatic carbocycles. The van der Waals surface area contributed by atoms with Crippen molar-refractivity contribution >= 4 is 5.91 Å². The van der Waals surface area contributed by atoms with Crippen molar-refractivity contribution in [3.05, 3.63) is 46.8 Å². The maximum atomic E-state index is 12.6. The Morgan fingerprint density at radius 1 is 1.45 bits per heavy atom. The Morgan fingerprint density at radius 3 is 2.86 bits per heavy atom. The van der Waals surface area contributed by atoms with Crippen molar-refractivity contribution in [2.75, 3.05) is 13.7 Å². The van der Waals surface area contributed by atoms with Gasteiger partial charge in [-0.15, -0.1) is 0 Å². The van der Waals surface area contributed by atoms with E-state index in [-0.39, 0.29) is 11.9 Å². The number of likely N-dealkylation sites (tertiary alicyclic amines) is 1. The van der Waals surface area contributed by atoms with Gasteiger partial charge in [0.25, 0.3) is 0 Å². The zero-order valence-electron chi connectivity index (χ0n) is 13.2. The summed E-state index contributed by atoms with van der Waals surface area (Å²) in [6.07, 6.45) is 1.41. The van der Waals surface area contributed by atoms with Crippen LogP contribution in [0.1, 0.15) is 35.0 Å². The molecule has 1 saturated heterocycles. The summed E-state index contributed by atoms with van der Waals surface area (Å²) in [4.78, 5) is 14.5. The number of ether oxygens (including phenoxy) is 1. The van der Waals surface area contributed by atoms with Crippen LogP contribution in [-0.2, 0) is 11.2 Å². The lowest BCUT2D eigenvalue weighted by atomic mass is 9.93. The predicted molar refractivity (Wildman–Crippen MR) is 83.8 cm³/mol. The third-order valence-electron chi connectivity index (χ3n) is 4.43. The smallest absolute Gasteiger partial charge is 0.227 e. The van der Waals surface area contributed by atoms with Crippen molar-refractivity contribution in [2.45, 2.75) is 32.7 Å². The number of carbonyl (C=O) groups is 1. The van der Waals surface area contributed by atoms with Crippen molar-refractivity contribution in [3.8, 4) is 5.75 Å². The summed E-state index contributed by atoms with van der Waals surface area (Å²) in [6, 6.07) is 8.13. The fourth-order valence-electron chi connectivity index (χ4n) is 2.97. The number of benzene rings is 1. The van der Waals surface area contributed by atoms with E-state index in [0.717, 1.165) is 41.2 Å². The van der Waals surface area contributed by atoms with Crippen LogP contribution in [0.15, 0.2) is 24.3 Å². The molecule has 2 aromatic rings. The molecule has 1 aromatic carbocycles. The van der Waals surface area contributed by atoms with Crippen LogP contribution in [0.4, 0.5) is 0 Å². The molecule has 0 saturated carbocycles. The zero-order chi connectivity index (χ0) is 15.7. The van der Waals surface area contributed by atoms with Crippen molar-refractivity contribution in [1.82, 2.24) is 15.1 Å². The van der Waals surface area contributed by atoms with Gasteiger partial charge in [0, 0.05) is 17.8 Å². The number of nitrogens with one attached hydrogen (secondary N) is 1. The van der Waals surface area contributed by atoms with E-state index in [0.29, 0.717) is 6.42 Å². The van der Waals surface area contributed by atoms with Crippen molar-refractivity contribution in [2.24, 2.45) is 0 Å². The highest BCUT2D eigenvalue weighted by Crippen LogP contribution is 2.35. The molecule has 1 aliphatic rings. The molecule has 0 radical (unpaired) electrons. The molecule has 0 spiro atoms. The molecule has 22 heavy (non-hydrogen) atoms. The molecule has 0 unspecified atom stereocenters. The highest BCUT2D eigenvalue weighted by Gasteiger charge is 2.33. The summed E-state index contributed by atoms with van der Waals surface area (Å²) < 4.78 is 5.27. The highest BCUT2D eigenvalue weighted by atomic mass is 16.5. The summed E-state index contributed by atoms with van der Waals surface area (Å²) in [7, 11) is 1.66. The van der Waals surface area contributed by atoms with Gasteiger partial charge in [0.1, 0.15) is 5.75 Å². The fraction of sp³-hybridized carbons (Fsp3) is 0.412. The summed E-state index contributed by atoms with van der Waals surface area (Å²) >= 11 is 0. The van der Waals surface area contributed by atoms with Crippen LogP contribution >= 0.6 is 0 Å². The van der Waals surface area contributed by atoms with Crippen molar-refractivity contribution in [1.29, 1.82) is 0 Å². The summed E-state index contributed by atoms with van der Waals surface area (Å²) in [5.41, 5.74) is 4.04. The minimum Gasteiger partial charge on any atom is -0.497 e. The number of hydrogen-bond acceptors (Lipinski definition) is 3. The molecule has 5 heteroatoms. The first-order valence-electron chi connectivity index (χ1n) is 7.54. The summed E-state index contributed by atoms with van der Waals surface area (Å²) in [5, 5.41) is 7.10.